The molecule has 0 aromatic rings. The average Bonchev–Trinajstić information content (AvgIpc) is 2.45. The van der Waals surface area contributed by atoms with Crippen molar-refractivity contribution in [1.82, 2.24) is 16.0 Å². The van der Waals surface area contributed by atoms with Gasteiger partial charge in [0.15, 0.2) is 0 Å². The second-order valence-corrected chi connectivity index (χ2v) is 4.76. The number of rotatable bonds is 0. The number of amidine groups is 1. The van der Waals surface area contributed by atoms with Crippen LogP contribution in [0.3, 0.4) is 0 Å². The number of nitrogens with zero attached hydrogens (tertiary/aromatic N) is 1. The predicted octanol–water partition coefficient (Wildman–Crippen LogP) is -0.121. The Kier molecular flexibility index (Phi) is 2.04. The van der Waals surface area contributed by atoms with E-state index in [9.17, 15) is 0 Å². The molecule has 0 bridgehead atoms. The summed E-state index contributed by atoms with van der Waals surface area (Å²) in [6, 6.07) is 0.433. The Labute approximate surface area is 79.2 Å². The Morgan fingerprint density at radius 3 is 2.77 bits per heavy atom. The van der Waals surface area contributed by atoms with Crippen LogP contribution >= 0.6 is 0 Å². The summed E-state index contributed by atoms with van der Waals surface area (Å²) in [6.07, 6.45) is 0.274. The lowest BCUT2D eigenvalue weighted by Crippen LogP contribution is -2.56. The highest BCUT2D eigenvalue weighted by molar-refractivity contribution is 5.89. The molecule has 3 N–H and O–H groups in total. The molecule has 2 atom stereocenters. The molecule has 1 fully saturated rings. The lowest BCUT2D eigenvalue weighted by atomic mass is 9.95. The number of hydrogen-bond donors (Lipinski definition) is 3. The van der Waals surface area contributed by atoms with Crippen LogP contribution in [0.25, 0.3) is 0 Å². The van der Waals surface area contributed by atoms with Gasteiger partial charge in [0.05, 0.1) is 6.04 Å². The zero-order valence-electron chi connectivity index (χ0n) is 8.52. The van der Waals surface area contributed by atoms with Gasteiger partial charge in [-0.05, 0) is 0 Å². The van der Waals surface area contributed by atoms with Crippen molar-refractivity contribution >= 4 is 5.84 Å². The third kappa shape index (κ3) is 1.69. The highest BCUT2D eigenvalue weighted by Crippen LogP contribution is 2.20. The molecule has 2 aliphatic rings. The Balaban J connectivity index is 2.09. The van der Waals surface area contributed by atoms with Gasteiger partial charge in [-0.3, -0.25) is 10.3 Å². The molecular formula is C9H18N4. The molecule has 2 rings (SSSR count). The topological polar surface area (TPSA) is 48.5 Å². The van der Waals surface area contributed by atoms with Crippen LogP contribution in [0.4, 0.5) is 0 Å². The summed E-state index contributed by atoms with van der Waals surface area (Å²) in [5, 5.41) is 10.1. The Hall–Kier alpha value is -0.610. The fraction of sp³-hybridized carbons (Fsp3) is 0.889. The van der Waals surface area contributed by atoms with Gasteiger partial charge < -0.3 is 10.6 Å². The van der Waals surface area contributed by atoms with Crippen molar-refractivity contribution in [3.8, 4) is 0 Å². The molecule has 0 aliphatic carbocycles. The van der Waals surface area contributed by atoms with E-state index in [2.05, 4.69) is 41.7 Å². The maximum Gasteiger partial charge on any atom is 0.124 e. The zero-order chi connectivity index (χ0) is 9.47. The van der Waals surface area contributed by atoms with E-state index in [-0.39, 0.29) is 11.6 Å². The first-order valence-electron chi connectivity index (χ1n) is 4.86. The minimum atomic E-state index is 0.138. The first-order chi connectivity index (χ1) is 6.07. The van der Waals surface area contributed by atoms with Crippen LogP contribution in [0.1, 0.15) is 20.8 Å². The van der Waals surface area contributed by atoms with Crippen molar-refractivity contribution in [2.75, 3.05) is 13.2 Å². The fourth-order valence-corrected chi connectivity index (χ4v) is 1.69. The van der Waals surface area contributed by atoms with Crippen molar-refractivity contribution in [3.05, 3.63) is 0 Å². The van der Waals surface area contributed by atoms with E-state index in [0.717, 1.165) is 19.0 Å². The fourth-order valence-electron chi connectivity index (χ4n) is 1.69. The Morgan fingerprint density at radius 1 is 1.38 bits per heavy atom. The summed E-state index contributed by atoms with van der Waals surface area (Å²) in [7, 11) is 0. The Bertz CT molecular complexity index is 228. The molecule has 0 radical (unpaired) electrons. The molecule has 74 valence electrons. The normalized spacial score (nSPS) is 33.6. The van der Waals surface area contributed by atoms with E-state index in [4.69, 9.17) is 0 Å². The van der Waals surface area contributed by atoms with Crippen molar-refractivity contribution < 1.29 is 0 Å². The van der Waals surface area contributed by atoms with Crippen molar-refractivity contribution in [2.45, 2.75) is 33.0 Å². The molecule has 0 spiro atoms. The first kappa shape index (κ1) is 8.97. The van der Waals surface area contributed by atoms with Crippen LogP contribution in [0.15, 0.2) is 4.99 Å². The summed E-state index contributed by atoms with van der Waals surface area (Å²) >= 11 is 0. The molecule has 0 aromatic heterocycles. The van der Waals surface area contributed by atoms with Gasteiger partial charge in [0.25, 0.3) is 0 Å². The molecule has 0 saturated carbocycles. The van der Waals surface area contributed by atoms with Gasteiger partial charge in [-0.15, -0.1) is 0 Å². The highest BCUT2D eigenvalue weighted by atomic mass is 15.3. The van der Waals surface area contributed by atoms with Gasteiger partial charge in [0, 0.05) is 18.6 Å². The molecule has 4 nitrogen and oxygen atoms in total. The number of fused-ring (bicyclic) bond motifs is 1. The number of hydrogen-bond acceptors (Lipinski definition) is 4. The van der Waals surface area contributed by atoms with E-state index in [0.29, 0.717) is 6.04 Å². The summed E-state index contributed by atoms with van der Waals surface area (Å²) in [4.78, 5) is 4.64. The van der Waals surface area contributed by atoms with Crippen molar-refractivity contribution in [2.24, 2.45) is 10.4 Å². The summed E-state index contributed by atoms with van der Waals surface area (Å²) in [5.74, 6) is 1.12. The minimum absolute atomic E-state index is 0.138. The number of nitrogens with one attached hydrogen (secondary N) is 3. The lowest BCUT2D eigenvalue weighted by molar-refractivity contribution is 0.352. The Morgan fingerprint density at radius 2 is 2.15 bits per heavy atom. The first-order valence-corrected chi connectivity index (χ1v) is 4.86. The summed E-state index contributed by atoms with van der Waals surface area (Å²) < 4.78 is 0. The molecule has 2 heterocycles. The summed E-state index contributed by atoms with van der Waals surface area (Å²) in [6.45, 7) is 8.42. The lowest BCUT2D eigenvalue weighted by Gasteiger charge is -2.26. The van der Waals surface area contributed by atoms with Gasteiger partial charge in [0.2, 0.25) is 0 Å². The SMILES string of the molecule is CC(C)(C)C1=NC2NCNCC2N1. The minimum Gasteiger partial charge on any atom is -0.366 e. The monoisotopic (exact) mass is 182 g/mol. The molecule has 0 amide bonds. The molecular weight excluding hydrogens is 164 g/mol. The smallest absolute Gasteiger partial charge is 0.124 e. The van der Waals surface area contributed by atoms with E-state index >= 15 is 0 Å². The van der Waals surface area contributed by atoms with Gasteiger partial charge in [0.1, 0.15) is 12.0 Å². The molecule has 1 saturated heterocycles. The third-order valence-electron chi connectivity index (χ3n) is 2.48. The van der Waals surface area contributed by atoms with Crippen LogP contribution in [0, 0.1) is 5.41 Å². The van der Waals surface area contributed by atoms with Crippen LogP contribution in [-0.4, -0.2) is 31.3 Å². The van der Waals surface area contributed by atoms with Crippen molar-refractivity contribution in [1.29, 1.82) is 0 Å². The highest BCUT2D eigenvalue weighted by Gasteiger charge is 2.34. The van der Waals surface area contributed by atoms with E-state index in [1.165, 1.54) is 0 Å². The second-order valence-electron chi connectivity index (χ2n) is 4.76. The average molecular weight is 182 g/mol. The number of aliphatic imine (C=N–C) groups is 1. The zero-order valence-corrected chi connectivity index (χ0v) is 8.52. The van der Waals surface area contributed by atoms with Crippen LogP contribution in [-0.2, 0) is 0 Å². The maximum atomic E-state index is 4.64. The van der Waals surface area contributed by atoms with Gasteiger partial charge in [-0.1, -0.05) is 20.8 Å². The molecule has 4 heteroatoms. The predicted molar refractivity (Wildman–Crippen MR) is 53.6 cm³/mol. The largest absolute Gasteiger partial charge is 0.366 e. The van der Waals surface area contributed by atoms with Crippen LogP contribution < -0.4 is 16.0 Å². The molecule has 0 aromatic carbocycles. The van der Waals surface area contributed by atoms with E-state index in [1.807, 2.05) is 0 Å². The van der Waals surface area contributed by atoms with Gasteiger partial charge in [-0.2, -0.15) is 0 Å². The van der Waals surface area contributed by atoms with E-state index < -0.39 is 0 Å². The van der Waals surface area contributed by atoms with Gasteiger partial charge in [-0.25, -0.2) is 0 Å². The van der Waals surface area contributed by atoms with Gasteiger partial charge >= 0.3 is 0 Å². The van der Waals surface area contributed by atoms with E-state index in [1.54, 1.807) is 0 Å². The maximum absolute atomic E-state index is 4.64. The second kappa shape index (κ2) is 2.96. The molecule has 2 aliphatic heterocycles. The molecule has 2 unspecified atom stereocenters. The van der Waals surface area contributed by atoms with Crippen LogP contribution in [0.2, 0.25) is 0 Å². The van der Waals surface area contributed by atoms with Crippen LogP contribution in [0.5, 0.6) is 0 Å². The molecule has 13 heavy (non-hydrogen) atoms. The quantitative estimate of drug-likeness (QED) is 0.489. The standard InChI is InChI=1S/C9H18N4/c1-9(2,3)8-12-6-4-10-5-11-7(6)13-8/h6-7,10-11H,4-5H2,1-3H3,(H,12,13). The third-order valence-corrected chi connectivity index (χ3v) is 2.48. The summed E-state index contributed by atoms with van der Waals surface area (Å²) in [5.41, 5.74) is 0.138. The van der Waals surface area contributed by atoms with Crippen molar-refractivity contribution in [3.63, 3.8) is 0 Å².